The molecule has 1 fully saturated rings. The van der Waals surface area contributed by atoms with E-state index in [-0.39, 0.29) is 17.7 Å². The van der Waals surface area contributed by atoms with Gasteiger partial charge in [-0.3, -0.25) is 9.59 Å². The highest BCUT2D eigenvalue weighted by Gasteiger charge is 2.34. The van der Waals surface area contributed by atoms with Crippen LogP contribution in [0.3, 0.4) is 0 Å². The summed E-state index contributed by atoms with van der Waals surface area (Å²) in [4.78, 5) is 25.5. The van der Waals surface area contributed by atoms with Gasteiger partial charge in [-0.2, -0.15) is 0 Å². The Kier molecular flexibility index (Phi) is 7.32. The Hall–Kier alpha value is -1.46. The minimum absolute atomic E-state index is 0.0360. The molecule has 0 aliphatic carbocycles. The highest BCUT2D eigenvalue weighted by Crippen LogP contribution is 2.22. The molecule has 2 rings (SSSR count). The van der Waals surface area contributed by atoms with Gasteiger partial charge in [0.2, 0.25) is 5.91 Å². The fourth-order valence-electron chi connectivity index (χ4n) is 2.53. The molecule has 0 bridgehead atoms. The van der Waals surface area contributed by atoms with Crippen molar-refractivity contribution in [2.45, 2.75) is 46.1 Å². The predicted molar refractivity (Wildman–Crippen MR) is 84.6 cm³/mol. The van der Waals surface area contributed by atoms with Crippen LogP contribution >= 0.6 is 0 Å². The molecule has 0 aromatic heterocycles. The Morgan fingerprint density at radius 1 is 1.48 bits per heavy atom. The van der Waals surface area contributed by atoms with E-state index in [1.807, 2.05) is 12.2 Å². The number of ketones is 1. The van der Waals surface area contributed by atoms with Gasteiger partial charge in [-0.15, -0.1) is 0 Å². The van der Waals surface area contributed by atoms with Gasteiger partial charge in [-0.05, 0) is 25.0 Å². The van der Waals surface area contributed by atoms with Crippen LogP contribution in [0.4, 0.5) is 0 Å². The molecule has 2 aliphatic heterocycles. The average molecular weight is 293 g/mol. The van der Waals surface area contributed by atoms with Gasteiger partial charge in [-0.25, -0.2) is 0 Å². The summed E-state index contributed by atoms with van der Waals surface area (Å²) in [6, 6.07) is -0.311. The Morgan fingerprint density at radius 2 is 2.14 bits per heavy atom. The van der Waals surface area contributed by atoms with Crippen molar-refractivity contribution < 1.29 is 9.59 Å². The van der Waals surface area contributed by atoms with Crippen molar-refractivity contribution >= 4 is 11.7 Å². The summed E-state index contributed by atoms with van der Waals surface area (Å²) in [5, 5.41) is 3.17. The van der Waals surface area contributed by atoms with Crippen LogP contribution in [0, 0.1) is 0 Å². The third-order valence-electron chi connectivity index (χ3n) is 3.37. The zero-order valence-corrected chi connectivity index (χ0v) is 13.3. The van der Waals surface area contributed by atoms with Crippen LogP contribution in [0.15, 0.2) is 23.4 Å². The number of carbonyl (C=O) groups excluding carboxylic acids is 2. The Labute approximate surface area is 127 Å². The lowest BCUT2D eigenvalue weighted by Gasteiger charge is -2.23. The molecule has 1 atom stereocenters. The molecule has 1 saturated heterocycles. The first-order chi connectivity index (χ1) is 10.1. The number of carbonyl (C=O) groups is 2. The second kappa shape index (κ2) is 8.74. The van der Waals surface area contributed by atoms with Crippen LogP contribution in [0.1, 0.15) is 40.0 Å². The number of hydrogen-bond acceptors (Lipinski definition) is 4. The molecule has 0 saturated carbocycles. The summed E-state index contributed by atoms with van der Waals surface area (Å²) in [5.74, 6) is -0.0886. The van der Waals surface area contributed by atoms with E-state index in [0.717, 1.165) is 25.0 Å². The molecule has 3 N–H and O–H groups in total. The highest BCUT2D eigenvalue weighted by atomic mass is 16.2. The Morgan fingerprint density at radius 3 is 2.71 bits per heavy atom. The second-order valence-corrected chi connectivity index (χ2v) is 5.28. The van der Waals surface area contributed by atoms with Gasteiger partial charge < -0.3 is 16.0 Å². The first-order valence-electron chi connectivity index (χ1n) is 7.71. The molecular formula is C16H27N3O2. The van der Waals surface area contributed by atoms with Crippen LogP contribution in [0.2, 0.25) is 0 Å². The minimum atomic E-state index is -0.311. The minimum Gasteiger partial charge on any atom is -0.327 e. The lowest BCUT2D eigenvalue weighted by molar-refractivity contribution is -0.132. The number of allylic oxidation sites excluding steroid dienone is 1. The molecule has 0 aromatic carbocycles. The van der Waals surface area contributed by atoms with Gasteiger partial charge in [-0.1, -0.05) is 32.4 Å². The van der Waals surface area contributed by atoms with Crippen LogP contribution < -0.4 is 11.1 Å². The Bertz CT molecular complexity index is 441. The van der Waals surface area contributed by atoms with E-state index in [4.69, 9.17) is 5.73 Å². The molecule has 1 unspecified atom stereocenters. The summed E-state index contributed by atoms with van der Waals surface area (Å²) in [5.41, 5.74) is 7.07. The number of rotatable bonds is 3. The molecule has 0 radical (unpaired) electrons. The van der Waals surface area contributed by atoms with E-state index < -0.39 is 0 Å². The van der Waals surface area contributed by atoms with Crippen molar-refractivity contribution in [2.24, 2.45) is 5.73 Å². The highest BCUT2D eigenvalue weighted by molar-refractivity contribution is 5.99. The zero-order valence-electron chi connectivity index (χ0n) is 13.3. The van der Waals surface area contributed by atoms with E-state index >= 15 is 0 Å². The molecule has 21 heavy (non-hydrogen) atoms. The van der Waals surface area contributed by atoms with E-state index in [9.17, 15) is 9.59 Å². The summed E-state index contributed by atoms with van der Waals surface area (Å²) in [7, 11) is 0. The van der Waals surface area contributed by atoms with Crippen molar-refractivity contribution in [2.75, 3.05) is 19.6 Å². The topological polar surface area (TPSA) is 75.4 Å². The van der Waals surface area contributed by atoms with Gasteiger partial charge >= 0.3 is 0 Å². The van der Waals surface area contributed by atoms with Gasteiger partial charge in [0.1, 0.15) is 6.04 Å². The number of amides is 1. The van der Waals surface area contributed by atoms with Crippen LogP contribution in [-0.4, -0.2) is 42.3 Å². The van der Waals surface area contributed by atoms with Gasteiger partial charge in [0.05, 0.1) is 5.70 Å². The van der Waals surface area contributed by atoms with E-state index in [1.165, 1.54) is 13.3 Å². The first-order valence-corrected chi connectivity index (χ1v) is 7.71. The van der Waals surface area contributed by atoms with Crippen LogP contribution in [-0.2, 0) is 9.59 Å². The van der Waals surface area contributed by atoms with Crippen molar-refractivity contribution in [1.82, 2.24) is 10.2 Å². The van der Waals surface area contributed by atoms with Gasteiger partial charge in [0.25, 0.3) is 0 Å². The van der Waals surface area contributed by atoms with Gasteiger partial charge in [0.15, 0.2) is 5.78 Å². The first kappa shape index (κ1) is 17.6. The molecule has 0 spiro atoms. The molecule has 2 aliphatic rings. The van der Waals surface area contributed by atoms with Crippen molar-refractivity contribution in [1.29, 1.82) is 0 Å². The van der Waals surface area contributed by atoms with E-state index in [2.05, 4.69) is 19.2 Å². The lowest BCUT2D eigenvalue weighted by Crippen LogP contribution is -2.43. The van der Waals surface area contributed by atoms with Crippen LogP contribution in [0.5, 0.6) is 0 Å². The maximum atomic E-state index is 12.4. The third kappa shape index (κ3) is 4.51. The fraction of sp³-hybridized carbons (Fsp3) is 0.625. The normalized spacial score (nSPS) is 22.9. The van der Waals surface area contributed by atoms with E-state index in [1.54, 1.807) is 4.90 Å². The monoisotopic (exact) mass is 293 g/mol. The third-order valence-corrected chi connectivity index (χ3v) is 3.37. The zero-order chi connectivity index (χ0) is 15.8. The second-order valence-electron chi connectivity index (χ2n) is 5.28. The molecule has 0 aromatic rings. The molecular weight excluding hydrogens is 266 g/mol. The maximum absolute atomic E-state index is 12.4. The molecule has 5 heteroatoms. The Balaban J connectivity index is 0.000000677. The number of Topliss-reactive ketones (excluding diaryl/α,β-unsaturated/α-hetero) is 1. The van der Waals surface area contributed by atoms with Crippen molar-refractivity contribution in [3.05, 3.63) is 23.4 Å². The van der Waals surface area contributed by atoms with Crippen molar-refractivity contribution in [3.63, 3.8) is 0 Å². The quantitative estimate of drug-likeness (QED) is 0.770. The maximum Gasteiger partial charge on any atom is 0.248 e. The number of nitrogens with two attached hydrogens (primary N) is 1. The molecule has 118 valence electrons. The summed E-state index contributed by atoms with van der Waals surface area (Å²) in [6.45, 7) is 7.57. The fourth-order valence-corrected chi connectivity index (χ4v) is 2.53. The SMILES string of the molecule is CC(=O)C1=CCCN1C(=O)C1NCC/C1=C\CN.CCC. The smallest absolute Gasteiger partial charge is 0.248 e. The standard InChI is InChI=1S/C13H19N3O2.C3H8/c1-9(17)11-3-2-8-16(11)13(18)12-10(4-6-14)5-7-15-12;1-3-2/h3-4,12,15H,2,5-8,14H2,1H3;3H2,1-2H3/b10-4+;. The average Bonchev–Trinajstić information content (AvgIpc) is 3.08. The predicted octanol–water partition coefficient (Wildman–Crippen LogP) is 1.35. The van der Waals surface area contributed by atoms with Crippen molar-refractivity contribution in [3.8, 4) is 0 Å². The summed E-state index contributed by atoms with van der Waals surface area (Å²) in [6.07, 6.45) is 6.58. The molecule has 1 amide bonds. The van der Waals surface area contributed by atoms with Crippen LogP contribution in [0.25, 0.3) is 0 Å². The number of hydrogen-bond donors (Lipinski definition) is 2. The number of nitrogens with one attached hydrogen (secondary N) is 1. The molecule has 2 heterocycles. The number of nitrogens with zero attached hydrogens (tertiary/aromatic N) is 1. The largest absolute Gasteiger partial charge is 0.327 e. The molecule has 5 nitrogen and oxygen atoms in total. The summed E-state index contributed by atoms with van der Waals surface area (Å²) < 4.78 is 0. The lowest BCUT2D eigenvalue weighted by atomic mass is 10.1. The van der Waals surface area contributed by atoms with E-state index in [0.29, 0.717) is 18.8 Å². The van der Waals surface area contributed by atoms with Gasteiger partial charge in [0, 0.05) is 20.0 Å². The summed E-state index contributed by atoms with van der Waals surface area (Å²) >= 11 is 0.